The molecule has 2 heteroatoms. The molecule has 0 atom stereocenters. The topological polar surface area (TPSA) is 8.17 Å². The SMILES string of the molecule is c1ccc(-c2ccc(-c3ccc4c(c3)c3cc(-c5ccc(N(c6ccccc6)c6ccccc6)cc5)ccc3n4-c3ccc(-c4c5ccccc5c(-c5ccccc5)c5ccccc45)cc3)cc2)cc1. The van der Waals surface area contributed by atoms with Gasteiger partial charge in [0.15, 0.2) is 0 Å². The van der Waals surface area contributed by atoms with Gasteiger partial charge in [0.25, 0.3) is 0 Å². The smallest absolute Gasteiger partial charge is 0.0541 e. The number of hydrogen-bond donors (Lipinski definition) is 0. The van der Waals surface area contributed by atoms with E-state index >= 15 is 0 Å². The summed E-state index contributed by atoms with van der Waals surface area (Å²) in [5, 5.41) is 7.45. The summed E-state index contributed by atoms with van der Waals surface area (Å²) >= 11 is 0. The fraction of sp³-hybridized carbons (Fsp3) is 0. The molecule has 0 aliphatic heterocycles. The molecule has 2 nitrogen and oxygen atoms in total. The van der Waals surface area contributed by atoms with E-state index in [4.69, 9.17) is 0 Å². The lowest BCUT2D eigenvalue weighted by molar-refractivity contribution is 1.18. The van der Waals surface area contributed by atoms with Gasteiger partial charge in [0.1, 0.15) is 0 Å². The molecule has 1 aromatic heterocycles. The Bertz CT molecular complexity index is 3890. The van der Waals surface area contributed by atoms with Crippen molar-refractivity contribution in [3.05, 3.63) is 279 Å². The highest BCUT2D eigenvalue weighted by molar-refractivity contribution is 6.21. The summed E-state index contributed by atoms with van der Waals surface area (Å²) in [6.45, 7) is 0. The lowest BCUT2D eigenvalue weighted by atomic mass is 9.86. The fourth-order valence-electron chi connectivity index (χ4n) is 10.7. The molecule has 0 spiro atoms. The zero-order chi connectivity index (χ0) is 46.4. The molecule has 13 aromatic rings. The third-order valence-corrected chi connectivity index (χ3v) is 14.0. The molecule has 0 saturated heterocycles. The van der Waals surface area contributed by atoms with Gasteiger partial charge in [-0.25, -0.2) is 0 Å². The average molecular weight is 891 g/mol. The van der Waals surface area contributed by atoms with Crippen molar-refractivity contribution in [1.82, 2.24) is 4.57 Å². The number of fused-ring (bicyclic) bond motifs is 5. The van der Waals surface area contributed by atoms with Gasteiger partial charge in [-0.3, -0.25) is 0 Å². The number of rotatable bonds is 9. The number of hydrogen-bond acceptors (Lipinski definition) is 1. The second-order valence-corrected chi connectivity index (χ2v) is 18.1. The van der Waals surface area contributed by atoms with Crippen LogP contribution in [-0.2, 0) is 0 Å². The van der Waals surface area contributed by atoms with E-state index in [-0.39, 0.29) is 0 Å². The summed E-state index contributed by atoms with van der Waals surface area (Å²) in [6, 6.07) is 102. The fourth-order valence-corrected chi connectivity index (χ4v) is 10.7. The molecule has 0 radical (unpaired) electrons. The Morgan fingerprint density at radius 3 is 0.957 bits per heavy atom. The summed E-state index contributed by atoms with van der Waals surface area (Å²) in [5.74, 6) is 0. The second kappa shape index (κ2) is 17.4. The first-order valence-electron chi connectivity index (χ1n) is 24.1. The normalized spacial score (nSPS) is 11.4. The van der Waals surface area contributed by atoms with E-state index in [0.29, 0.717) is 0 Å². The Hall–Kier alpha value is -9.24. The first kappa shape index (κ1) is 41.0. The van der Waals surface area contributed by atoms with Crippen LogP contribution in [0.4, 0.5) is 17.1 Å². The third-order valence-electron chi connectivity index (χ3n) is 14.0. The predicted octanol–water partition coefficient (Wildman–Crippen LogP) is 18.9. The van der Waals surface area contributed by atoms with Crippen LogP contribution in [0, 0.1) is 0 Å². The molecule has 0 aliphatic carbocycles. The van der Waals surface area contributed by atoms with Crippen molar-refractivity contribution in [3.63, 3.8) is 0 Å². The number of benzene rings is 12. The Morgan fingerprint density at radius 1 is 0.214 bits per heavy atom. The van der Waals surface area contributed by atoms with E-state index in [1.54, 1.807) is 0 Å². The molecule has 0 saturated carbocycles. The Labute approximate surface area is 408 Å². The maximum Gasteiger partial charge on any atom is 0.0541 e. The minimum absolute atomic E-state index is 1.11. The van der Waals surface area contributed by atoms with Crippen LogP contribution in [0.5, 0.6) is 0 Å². The Balaban J connectivity index is 0.938. The molecule has 0 bridgehead atoms. The average Bonchev–Trinajstić information content (AvgIpc) is 3.77. The zero-order valence-electron chi connectivity index (χ0n) is 38.5. The highest BCUT2D eigenvalue weighted by Crippen LogP contribution is 2.45. The van der Waals surface area contributed by atoms with Crippen LogP contribution in [0.1, 0.15) is 0 Å². The molecule has 13 rings (SSSR count). The van der Waals surface area contributed by atoms with Gasteiger partial charge in [0.05, 0.1) is 11.0 Å². The van der Waals surface area contributed by atoms with E-state index < -0.39 is 0 Å². The monoisotopic (exact) mass is 890 g/mol. The maximum atomic E-state index is 2.44. The van der Waals surface area contributed by atoms with Crippen LogP contribution in [0.3, 0.4) is 0 Å². The van der Waals surface area contributed by atoms with Crippen molar-refractivity contribution in [2.24, 2.45) is 0 Å². The van der Waals surface area contributed by atoms with Gasteiger partial charge in [-0.1, -0.05) is 206 Å². The van der Waals surface area contributed by atoms with E-state index in [1.807, 2.05) is 0 Å². The van der Waals surface area contributed by atoms with Crippen LogP contribution in [0.2, 0.25) is 0 Å². The molecule has 0 fully saturated rings. The molecule has 1 heterocycles. The Morgan fingerprint density at radius 2 is 0.514 bits per heavy atom. The van der Waals surface area contributed by atoms with Crippen molar-refractivity contribution in [2.75, 3.05) is 4.90 Å². The molecule has 0 aliphatic rings. The zero-order valence-corrected chi connectivity index (χ0v) is 38.5. The molecular weight excluding hydrogens is 845 g/mol. The predicted molar refractivity (Wildman–Crippen MR) is 298 cm³/mol. The van der Waals surface area contributed by atoms with Crippen LogP contribution in [0.15, 0.2) is 279 Å². The molecule has 328 valence electrons. The summed E-state index contributed by atoms with van der Waals surface area (Å²) in [5.41, 5.74) is 18.9. The third kappa shape index (κ3) is 7.22. The first-order chi connectivity index (χ1) is 34.7. The molecule has 0 amide bonds. The highest BCUT2D eigenvalue weighted by Gasteiger charge is 2.19. The summed E-state index contributed by atoms with van der Waals surface area (Å²) < 4.78 is 2.44. The van der Waals surface area contributed by atoms with E-state index in [0.717, 1.165) is 22.7 Å². The largest absolute Gasteiger partial charge is 0.311 e. The van der Waals surface area contributed by atoms with Gasteiger partial charge < -0.3 is 9.47 Å². The van der Waals surface area contributed by atoms with Crippen LogP contribution in [0.25, 0.3) is 105 Å². The maximum absolute atomic E-state index is 2.44. The van der Waals surface area contributed by atoms with Crippen molar-refractivity contribution < 1.29 is 0 Å². The van der Waals surface area contributed by atoms with Gasteiger partial charge in [-0.05, 0) is 150 Å². The van der Waals surface area contributed by atoms with Crippen molar-refractivity contribution in [1.29, 1.82) is 0 Å². The molecule has 70 heavy (non-hydrogen) atoms. The number of aromatic nitrogens is 1. The quantitative estimate of drug-likeness (QED) is 0.131. The molecule has 0 N–H and O–H groups in total. The van der Waals surface area contributed by atoms with Crippen molar-refractivity contribution in [2.45, 2.75) is 0 Å². The Kier molecular flexibility index (Phi) is 10.2. The lowest BCUT2D eigenvalue weighted by Crippen LogP contribution is -2.09. The summed E-state index contributed by atoms with van der Waals surface area (Å²) in [6.07, 6.45) is 0. The van der Waals surface area contributed by atoms with E-state index in [9.17, 15) is 0 Å². The van der Waals surface area contributed by atoms with E-state index in [2.05, 4.69) is 289 Å². The number of para-hydroxylation sites is 2. The van der Waals surface area contributed by atoms with Crippen LogP contribution < -0.4 is 4.90 Å². The molecular formula is C68H46N2. The standard InChI is InChI=1S/C68H46N2/c1-5-17-47(18-6-1)48-29-31-49(32-30-48)53-37-43-65-63(45-53)64-46-54(50-33-39-57(40-34-50)69(55-21-9-3-10-22-55)56-23-11-4-12-24-56)38-44-66(64)70(65)58-41-35-52(36-42-58)68-61-27-15-13-25-59(61)67(51-19-7-2-8-20-51)60-26-14-16-28-62(60)68/h1-46H. The van der Waals surface area contributed by atoms with Crippen molar-refractivity contribution in [3.8, 4) is 61.3 Å². The number of nitrogens with zero attached hydrogens (tertiary/aromatic N) is 2. The summed E-state index contributed by atoms with van der Waals surface area (Å²) in [7, 11) is 0. The molecule has 12 aromatic carbocycles. The summed E-state index contributed by atoms with van der Waals surface area (Å²) in [4.78, 5) is 2.31. The lowest BCUT2D eigenvalue weighted by Gasteiger charge is -2.25. The van der Waals surface area contributed by atoms with Gasteiger partial charge in [0.2, 0.25) is 0 Å². The first-order valence-corrected chi connectivity index (χ1v) is 24.1. The van der Waals surface area contributed by atoms with Crippen molar-refractivity contribution >= 4 is 60.4 Å². The minimum atomic E-state index is 1.11. The number of anilines is 3. The van der Waals surface area contributed by atoms with Crippen LogP contribution in [-0.4, -0.2) is 4.57 Å². The van der Waals surface area contributed by atoms with Gasteiger partial charge in [-0.2, -0.15) is 0 Å². The van der Waals surface area contributed by atoms with Crippen LogP contribution >= 0.6 is 0 Å². The van der Waals surface area contributed by atoms with Gasteiger partial charge in [-0.15, -0.1) is 0 Å². The second-order valence-electron chi connectivity index (χ2n) is 18.1. The highest BCUT2D eigenvalue weighted by atomic mass is 15.1. The van der Waals surface area contributed by atoms with Gasteiger partial charge in [0, 0.05) is 33.5 Å². The van der Waals surface area contributed by atoms with E-state index in [1.165, 1.54) is 99.0 Å². The van der Waals surface area contributed by atoms with Gasteiger partial charge >= 0.3 is 0 Å². The minimum Gasteiger partial charge on any atom is -0.311 e. The molecule has 0 unspecified atom stereocenters.